The van der Waals surface area contributed by atoms with Crippen molar-refractivity contribution in [2.24, 2.45) is 5.73 Å². The summed E-state index contributed by atoms with van der Waals surface area (Å²) in [5, 5.41) is 0.869. The Bertz CT molecular complexity index is 1200. The molecule has 0 unspecified atom stereocenters. The first-order valence-electron chi connectivity index (χ1n) is 8.41. The van der Waals surface area contributed by atoms with Crippen molar-refractivity contribution < 1.29 is 22.7 Å². The van der Waals surface area contributed by atoms with Crippen molar-refractivity contribution in [3.8, 4) is 5.75 Å². The van der Waals surface area contributed by atoms with Gasteiger partial charge in [-0.3, -0.25) is 4.79 Å². The predicted molar refractivity (Wildman–Crippen MR) is 98.9 cm³/mol. The fourth-order valence-electron chi connectivity index (χ4n) is 3.43. The molecule has 1 aromatic heterocycles. The highest BCUT2D eigenvalue weighted by molar-refractivity contribution is 6.17. The maximum absolute atomic E-state index is 13.9. The molecule has 0 saturated carbocycles. The topological polar surface area (TPSA) is 57.2 Å². The molecule has 0 aliphatic rings. The molecule has 0 fully saturated rings. The Kier molecular flexibility index (Phi) is 4.43. The zero-order valence-corrected chi connectivity index (χ0v) is 14.5. The molecule has 141 valence electrons. The van der Waals surface area contributed by atoms with Crippen molar-refractivity contribution in [1.29, 1.82) is 0 Å². The predicted octanol–water partition coefficient (Wildman–Crippen LogP) is 4.48. The molecule has 4 aromatic rings. The molecule has 28 heavy (non-hydrogen) atoms. The third-order valence-corrected chi connectivity index (χ3v) is 4.54. The second-order valence-corrected chi connectivity index (χ2v) is 6.20. The zero-order chi connectivity index (χ0) is 19.8. The lowest BCUT2D eigenvalue weighted by molar-refractivity contribution is -0.0504. The third kappa shape index (κ3) is 3.05. The minimum atomic E-state index is -2.96. The maximum Gasteiger partial charge on any atom is 0.387 e. The van der Waals surface area contributed by atoms with E-state index in [1.54, 1.807) is 47.0 Å². The van der Waals surface area contributed by atoms with Crippen molar-refractivity contribution in [2.75, 3.05) is 0 Å². The number of hydrogen-bond donors (Lipinski definition) is 1. The summed E-state index contributed by atoms with van der Waals surface area (Å²) in [6, 6.07) is 16.8. The standard InChI is InChI=1S/C21H14F3N2O2/c22-13-8-9-16-15(10-13)19-14(20(25)27)5-3-6-17(19)26(16)11-12-4-1-2-7-18(12)28-21(23)24/h1-9,21H,11H2,(H2,25,27). The Hall–Kier alpha value is -3.48. The van der Waals surface area contributed by atoms with Gasteiger partial charge in [-0.2, -0.15) is 8.78 Å². The number of hydrogen-bond acceptors (Lipinski definition) is 2. The van der Waals surface area contributed by atoms with Gasteiger partial charge in [0.05, 0.1) is 17.6 Å². The van der Waals surface area contributed by atoms with Crippen LogP contribution in [-0.4, -0.2) is 17.1 Å². The summed E-state index contributed by atoms with van der Waals surface area (Å²) in [5.41, 5.74) is 7.44. The fourth-order valence-corrected chi connectivity index (χ4v) is 3.43. The highest BCUT2D eigenvalue weighted by atomic mass is 19.3. The Morgan fingerprint density at radius 1 is 1.07 bits per heavy atom. The molecule has 7 heteroatoms. The highest BCUT2D eigenvalue weighted by Crippen LogP contribution is 2.33. The highest BCUT2D eigenvalue weighted by Gasteiger charge is 2.18. The molecule has 1 radical (unpaired) electrons. The van der Waals surface area contributed by atoms with Crippen LogP contribution in [0, 0.1) is 11.9 Å². The Morgan fingerprint density at radius 3 is 2.61 bits per heavy atom. The largest absolute Gasteiger partial charge is 0.434 e. The molecule has 4 rings (SSSR count). The van der Waals surface area contributed by atoms with Gasteiger partial charge in [-0.05, 0) is 30.3 Å². The SMILES string of the molecule is NC(=O)c1cccc2c1c1[c]c(F)ccc1n2Cc1ccccc1OC(F)F. The van der Waals surface area contributed by atoms with Crippen LogP contribution in [0.5, 0.6) is 5.75 Å². The number of primary amides is 1. The molecule has 0 atom stereocenters. The van der Waals surface area contributed by atoms with E-state index in [0.717, 1.165) is 0 Å². The van der Waals surface area contributed by atoms with Gasteiger partial charge in [-0.15, -0.1) is 0 Å². The minimum absolute atomic E-state index is 0.0460. The van der Waals surface area contributed by atoms with Crippen LogP contribution in [0.25, 0.3) is 21.8 Å². The molecule has 4 nitrogen and oxygen atoms in total. The van der Waals surface area contributed by atoms with Gasteiger partial charge < -0.3 is 15.0 Å². The summed E-state index contributed by atoms with van der Waals surface area (Å²) >= 11 is 0. The lowest BCUT2D eigenvalue weighted by Gasteiger charge is -2.13. The summed E-state index contributed by atoms with van der Waals surface area (Å²) in [5.74, 6) is -1.18. The van der Waals surface area contributed by atoms with Gasteiger partial charge in [0.15, 0.2) is 0 Å². The molecule has 3 aromatic carbocycles. The third-order valence-electron chi connectivity index (χ3n) is 4.54. The number of rotatable bonds is 5. The molecular formula is C21H14F3N2O2. The molecule has 2 N–H and O–H groups in total. The molecule has 0 spiro atoms. The number of nitrogens with zero attached hydrogens (tertiary/aromatic N) is 1. The molecule has 1 heterocycles. The summed E-state index contributed by atoms with van der Waals surface area (Å²) < 4.78 is 45.7. The number of alkyl halides is 2. The fraction of sp³-hybridized carbons (Fsp3) is 0.0952. The van der Waals surface area contributed by atoms with Crippen molar-refractivity contribution in [1.82, 2.24) is 4.57 Å². The van der Waals surface area contributed by atoms with E-state index in [0.29, 0.717) is 27.4 Å². The van der Waals surface area contributed by atoms with Crippen LogP contribution in [0.1, 0.15) is 15.9 Å². The van der Waals surface area contributed by atoms with E-state index in [4.69, 9.17) is 5.73 Å². The maximum atomic E-state index is 13.9. The van der Waals surface area contributed by atoms with Gasteiger partial charge >= 0.3 is 6.61 Å². The monoisotopic (exact) mass is 383 g/mol. The van der Waals surface area contributed by atoms with E-state index in [-0.39, 0.29) is 17.9 Å². The molecule has 0 aliphatic heterocycles. The number of carbonyl (C=O) groups is 1. The number of fused-ring (bicyclic) bond motifs is 3. The van der Waals surface area contributed by atoms with E-state index >= 15 is 0 Å². The first-order chi connectivity index (χ1) is 13.5. The van der Waals surface area contributed by atoms with Gasteiger partial charge in [0, 0.05) is 28.0 Å². The van der Waals surface area contributed by atoms with E-state index in [2.05, 4.69) is 10.8 Å². The van der Waals surface area contributed by atoms with E-state index in [1.807, 2.05) is 0 Å². The van der Waals surface area contributed by atoms with E-state index < -0.39 is 18.3 Å². The second-order valence-electron chi connectivity index (χ2n) is 6.20. The minimum Gasteiger partial charge on any atom is -0.434 e. The van der Waals surface area contributed by atoms with Crippen LogP contribution in [0.3, 0.4) is 0 Å². The van der Waals surface area contributed by atoms with Crippen LogP contribution in [-0.2, 0) is 6.54 Å². The van der Waals surface area contributed by atoms with Crippen LogP contribution in [0.15, 0.2) is 54.6 Å². The van der Waals surface area contributed by atoms with E-state index in [1.165, 1.54) is 12.1 Å². The van der Waals surface area contributed by atoms with Crippen molar-refractivity contribution >= 4 is 27.7 Å². The first kappa shape index (κ1) is 17.9. The summed E-state index contributed by atoms with van der Waals surface area (Å²) in [6.45, 7) is -2.78. The molecule has 0 bridgehead atoms. The number of halogens is 3. The van der Waals surface area contributed by atoms with Crippen LogP contribution in [0.4, 0.5) is 13.2 Å². The first-order valence-corrected chi connectivity index (χ1v) is 8.41. The lowest BCUT2D eigenvalue weighted by atomic mass is 10.1. The Labute approximate surface area is 157 Å². The average molecular weight is 383 g/mol. The number of nitrogens with two attached hydrogens (primary N) is 1. The Balaban J connectivity index is 1.97. The molecule has 0 saturated heterocycles. The lowest BCUT2D eigenvalue weighted by Crippen LogP contribution is -2.11. The van der Waals surface area contributed by atoms with Crippen molar-refractivity contribution in [3.63, 3.8) is 0 Å². The van der Waals surface area contributed by atoms with E-state index in [9.17, 15) is 18.0 Å². The second kappa shape index (κ2) is 6.92. The van der Waals surface area contributed by atoms with Gasteiger partial charge in [0.25, 0.3) is 0 Å². The number of benzene rings is 3. The summed E-state index contributed by atoms with van der Waals surface area (Å²) in [4.78, 5) is 11.9. The number of ether oxygens (including phenoxy) is 1. The van der Waals surface area contributed by atoms with Crippen molar-refractivity contribution in [3.05, 3.63) is 77.6 Å². The van der Waals surface area contributed by atoms with Crippen LogP contribution < -0.4 is 10.5 Å². The quantitative estimate of drug-likeness (QED) is 0.552. The van der Waals surface area contributed by atoms with Gasteiger partial charge in [0.2, 0.25) is 5.91 Å². The van der Waals surface area contributed by atoms with Gasteiger partial charge in [-0.1, -0.05) is 24.3 Å². The van der Waals surface area contributed by atoms with Gasteiger partial charge in [0.1, 0.15) is 11.6 Å². The zero-order valence-electron chi connectivity index (χ0n) is 14.5. The Morgan fingerprint density at radius 2 is 1.86 bits per heavy atom. The summed E-state index contributed by atoms with van der Waals surface area (Å²) in [6.07, 6.45) is 0. The molecular weight excluding hydrogens is 369 g/mol. The molecule has 1 amide bonds. The summed E-state index contributed by atoms with van der Waals surface area (Å²) in [7, 11) is 0. The average Bonchev–Trinajstić information content (AvgIpc) is 2.96. The van der Waals surface area contributed by atoms with Gasteiger partial charge in [-0.25, -0.2) is 4.39 Å². The molecule has 0 aliphatic carbocycles. The number of amides is 1. The van der Waals surface area contributed by atoms with Crippen LogP contribution in [0.2, 0.25) is 0 Å². The van der Waals surface area contributed by atoms with Crippen LogP contribution >= 0.6 is 0 Å². The number of para-hydroxylation sites is 1. The number of carbonyl (C=O) groups excluding carboxylic acids is 1. The number of aromatic nitrogens is 1. The normalized spacial score (nSPS) is 11.4. The smallest absolute Gasteiger partial charge is 0.387 e. The van der Waals surface area contributed by atoms with Crippen molar-refractivity contribution in [2.45, 2.75) is 13.2 Å².